The van der Waals surface area contributed by atoms with Gasteiger partial charge in [-0.3, -0.25) is 0 Å². The van der Waals surface area contributed by atoms with Gasteiger partial charge in [-0.05, 0) is 97.0 Å². The molecule has 0 aromatic carbocycles. The summed E-state index contributed by atoms with van der Waals surface area (Å²) in [5.74, 6) is 7.48. The third kappa shape index (κ3) is 2.90. The highest BCUT2D eigenvalue weighted by atomic mass is 28.3. The van der Waals surface area contributed by atoms with Crippen molar-refractivity contribution in [3.63, 3.8) is 0 Å². The van der Waals surface area contributed by atoms with Crippen LogP contribution in [0.4, 0.5) is 0 Å². The van der Waals surface area contributed by atoms with E-state index in [1.807, 2.05) is 11.1 Å². The van der Waals surface area contributed by atoms with Crippen molar-refractivity contribution in [2.45, 2.75) is 88.4 Å². The van der Waals surface area contributed by atoms with Crippen molar-refractivity contribution in [2.24, 2.45) is 47.3 Å². The lowest BCUT2D eigenvalue weighted by Gasteiger charge is -2.48. The summed E-state index contributed by atoms with van der Waals surface area (Å²) in [6, 6.07) is 3.33. The fourth-order valence-electron chi connectivity index (χ4n) is 10.3. The molecule has 8 atom stereocenters. The molecule has 7 aliphatic rings. The average Bonchev–Trinajstić information content (AvgIpc) is 3.67. The number of allylic oxidation sites excluding steroid dienone is 8. The van der Waals surface area contributed by atoms with Crippen molar-refractivity contribution >= 4 is 8.07 Å². The van der Waals surface area contributed by atoms with Crippen LogP contribution in [0.3, 0.4) is 0 Å². The molecular formula is C30H42Si. The molecule has 0 radical (unpaired) electrons. The molecule has 5 fully saturated rings. The minimum atomic E-state index is -1.35. The van der Waals surface area contributed by atoms with Gasteiger partial charge in [0.05, 0.1) is 8.07 Å². The summed E-state index contributed by atoms with van der Waals surface area (Å²) in [7, 11) is -1.35. The van der Waals surface area contributed by atoms with Crippen molar-refractivity contribution in [1.82, 2.24) is 0 Å². The van der Waals surface area contributed by atoms with Crippen LogP contribution in [0.5, 0.6) is 0 Å². The normalized spacial score (nSPS) is 47.8. The number of hydrogen-bond acceptors (Lipinski definition) is 0. The molecule has 0 aromatic rings. The Kier molecular flexibility index (Phi) is 4.49. The summed E-state index contributed by atoms with van der Waals surface area (Å²) >= 11 is 0. The SMILES string of the molecule is CC1CC2C(C3CC3)=CC=CC2C1[Si]1(C2C(C)CC3C(C4CC4)=CC=CC32)CCCC1. The first-order valence-corrected chi connectivity index (χ1v) is 16.5. The molecule has 0 amide bonds. The van der Waals surface area contributed by atoms with Crippen LogP contribution in [0.2, 0.25) is 23.2 Å². The van der Waals surface area contributed by atoms with E-state index in [9.17, 15) is 0 Å². The fraction of sp³-hybridized carbons (Fsp3) is 0.733. The van der Waals surface area contributed by atoms with Gasteiger partial charge in [-0.15, -0.1) is 0 Å². The summed E-state index contributed by atoms with van der Waals surface area (Å²) < 4.78 is 0. The first-order chi connectivity index (χ1) is 15.2. The Labute approximate surface area is 191 Å². The van der Waals surface area contributed by atoms with E-state index in [1.54, 1.807) is 24.9 Å². The van der Waals surface area contributed by atoms with Crippen molar-refractivity contribution in [2.75, 3.05) is 0 Å². The van der Waals surface area contributed by atoms with Gasteiger partial charge in [-0.1, -0.05) is 86.4 Å². The zero-order valence-electron chi connectivity index (χ0n) is 19.8. The van der Waals surface area contributed by atoms with E-state index in [2.05, 4.69) is 50.3 Å². The number of rotatable bonds is 4. The van der Waals surface area contributed by atoms with Crippen LogP contribution in [0, 0.1) is 47.3 Å². The maximum absolute atomic E-state index is 2.72. The van der Waals surface area contributed by atoms with Crippen molar-refractivity contribution in [1.29, 1.82) is 0 Å². The highest BCUT2D eigenvalue weighted by Gasteiger charge is 2.62. The van der Waals surface area contributed by atoms with E-state index in [0.717, 1.165) is 58.4 Å². The first kappa shape index (κ1) is 19.6. The van der Waals surface area contributed by atoms with E-state index in [0.29, 0.717) is 0 Å². The zero-order chi connectivity index (χ0) is 20.7. The van der Waals surface area contributed by atoms with Gasteiger partial charge >= 0.3 is 0 Å². The van der Waals surface area contributed by atoms with Gasteiger partial charge in [-0.2, -0.15) is 0 Å². The molecule has 7 rings (SSSR count). The zero-order valence-corrected chi connectivity index (χ0v) is 20.8. The Morgan fingerprint density at radius 3 is 1.55 bits per heavy atom. The molecule has 0 aromatic heterocycles. The van der Waals surface area contributed by atoms with E-state index in [-0.39, 0.29) is 0 Å². The topological polar surface area (TPSA) is 0 Å². The van der Waals surface area contributed by atoms with E-state index in [1.165, 1.54) is 38.5 Å². The van der Waals surface area contributed by atoms with Crippen LogP contribution in [-0.4, -0.2) is 8.07 Å². The molecule has 0 bridgehead atoms. The van der Waals surface area contributed by atoms with Crippen LogP contribution in [-0.2, 0) is 0 Å². The summed E-state index contributed by atoms with van der Waals surface area (Å²) in [4.78, 5) is 0. The molecule has 0 nitrogen and oxygen atoms in total. The Balaban J connectivity index is 1.26. The predicted molar refractivity (Wildman–Crippen MR) is 134 cm³/mol. The van der Waals surface area contributed by atoms with Crippen molar-refractivity contribution in [3.05, 3.63) is 47.6 Å². The molecule has 0 N–H and O–H groups in total. The highest BCUT2D eigenvalue weighted by Crippen LogP contribution is 2.69. The third-order valence-corrected chi connectivity index (χ3v) is 18.4. The Bertz CT molecular complexity index is 793. The molecule has 4 saturated carbocycles. The van der Waals surface area contributed by atoms with Gasteiger partial charge < -0.3 is 0 Å². The van der Waals surface area contributed by atoms with E-state index in [4.69, 9.17) is 0 Å². The highest BCUT2D eigenvalue weighted by molar-refractivity contribution is 6.83. The molecule has 1 heterocycles. The molecule has 1 heteroatoms. The summed E-state index contributed by atoms with van der Waals surface area (Å²) in [6.07, 6.45) is 27.6. The Morgan fingerprint density at radius 2 is 1.13 bits per heavy atom. The largest absolute Gasteiger partial charge is 0.0808 e. The summed E-state index contributed by atoms with van der Waals surface area (Å²) in [5, 5.41) is 0. The van der Waals surface area contributed by atoms with Gasteiger partial charge in [0.2, 0.25) is 0 Å². The second-order valence-electron chi connectivity index (χ2n) is 12.9. The number of hydrogen-bond donors (Lipinski definition) is 0. The standard InChI is InChI=1S/C30H42Si/c1-19-17-27-23(21-11-12-21)7-5-9-25(27)29(19)31(15-3-4-16-31)30-20(2)18-28-24(22-13-14-22)8-6-10-26(28)30/h5-10,19-22,25-30H,3-4,11-18H2,1-2H3. The lowest BCUT2D eigenvalue weighted by molar-refractivity contribution is 0.466. The van der Waals surface area contributed by atoms with Crippen molar-refractivity contribution in [3.8, 4) is 0 Å². The summed E-state index contributed by atoms with van der Waals surface area (Å²) in [5.41, 5.74) is 5.90. The second-order valence-corrected chi connectivity index (χ2v) is 17.7. The second kappa shape index (κ2) is 7.09. The van der Waals surface area contributed by atoms with Crippen LogP contribution in [0.15, 0.2) is 47.6 Å². The monoisotopic (exact) mass is 430 g/mol. The average molecular weight is 431 g/mol. The molecule has 8 unspecified atom stereocenters. The lowest BCUT2D eigenvalue weighted by Crippen LogP contribution is -2.48. The van der Waals surface area contributed by atoms with Crippen LogP contribution in [0.25, 0.3) is 0 Å². The molecule has 31 heavy (non-hydrogen) atoms. The van der Waals surface area contributed by atoms with Gasteiger partial charge in [0.1, 0.15) is 0 Å². The molecule has 166 valence electrons. The van der Waals surface area contributed by atoms with Gasteiger partial charge in [-0.25, -0.2) is 0 Å². The fourth-order valence-corrected chi connectivity index (χ4v) is 18.9. The van der Waals surface area contributed by atoms with Crippen LogP contribution >= 0.6 is 0 Å². The molecular weight excluding hydrogens is 388 g/mol. The van der Waals surface area contributed by atoms with Gasteiger partial charge in [0, 0.05) is 0 Å². The van der Waals surface area contributed by atoms with Gasteiger partial charge in [0.25, 0.3) is 0 Å². The Morgan fingerprint density at radius 1 is 0.677 bits per heavy atom. The predicted octanol–water partition coefficient (Wildman–Crippen LogP) is 8.33. The maximum atomic E-state index is 2.72. The van der Waals surface area contributed by atoms with Crippen LogP contribution in [0.1, 0.15) is 65.2 Å². The first-order valence-electron chi connectivity index (χ1n) is 13.9. The maximum Gasteiger partial charge on any atom is 0.0615 e. The quantitative estimate of drug-likeness (QED) is 0.393. The van der Waals surface area contributed by atoms with Gasteiger partial charge in [0.15, 0.2) is 0 Å². The summed E-state index contributed by atoms with van der Waals surface area (Å²) in [6.45, 7) is 5.38. The lowest BCUT2D eigenvalue weighted by atomic mass is 9.82. The van der Waals surface area contributed by atoms with E-state index < -0.39 is 8.07 Å². The minimum Gasteiger partial charge on any atom is -0.0808 e. The molecule has 6 aliphatic carbocycles. The smallest absolute Gasteiger partial charge is 0.0615 e. The third-order valence-electron chi connectivity index (χ3n) is 11.3. The number of fused-ring (bicyclic) bond motifs is 2. The molecule has 1 saturated heterocycles. The van der Waals surface area contributed by atoms with Crippen LogP contribution < -0.4 is 0 Å². The van der Waals surface area contributed by atoms with Crippen molar-refractivity contribution < 1.29 is 0 Å². The van der Waals surface area contributed by atoms with E-state index >= 15 is 0 Å². The Hall–Kier alpha value is -0.823. The molecule has 0 spiro atoms. The molecule has 1 aliphatic heterocycles. The minimum absolute atomic E-state index is 0.901.